The van der Waals surface area contributed by atoms with Gasteiger partial charge in [-0.3, -0.25) is 14.4 Å². The van der Waals surface area contributed by atoms with Crippen molar-refractivity contribution in [2.75, 3.05) is 16.0 Å². The molecule has 0 aliphatic rings. The summed E-state index contributed by atoms with van der Waals surface area (Å²) in [5, 5.41) is 8.05. The van der Waals surface area contributed by atoms with Crippen molar-refractivity contribution in [3.05, 3.63) is 180 Å². The van der Waals surface area contributed by atoms with Gasteiger partial charge in [0.2, 0.25) is 0 Å². The van der Waals surface area contributed by atoms with Crippen LogP contribution in [-0.2, 0) is 74.4 Å². The molecule has 55 heavy (non-hydrogen) atoms. The quantitative estimate of drug-likeness (QED) is 0.0963. The number of hydrogen-bond donors (Lipinski definition) is 3. The molecule has 0 aromatic heterocycles. The molecule has 0 aliphatic carbocycles. The molecular weight excluding hydrogens is 806 g/mol. The molecule has 3 N–H and O–H groups in total. The van der Waals surface area contributed by atoms with Gasteiger partial charge in [0.1, 0.15) is 0 Å². The van der Waals surface area contributed by atoms with E-state index in [9.17, 15) is 39.6 Å². The minimum absolute atomic E-state index is 0. The van der Waals surface area contributed by atoms with Gasteiger partial charge in [-0.25, -0.2) is 0 Å². The van der Waals surface area contributed by atoms with E-state index in [0.717, 1.165) is 0 Å². The topological polar surface area (TPSA) is 190 Å². The van der Waals surface area contributed by atoms with Crippen LogP contribution in [0.15, 0.2) is 178 Å². The smallest absolute Gasteiger partial charge is 0.420 e. The average molecular weight is 837 g/mol. The number of rotatable bonds is 9. The molecule has 0 atom stereocenters. The van der Waals surface area contributed by atoms with Gasteiger partial charge < -0.3 is 41.2 Å². The number of nitrogens with one attached hydrogen (secondary N) is 3. The molecule has 0 saturated heterocycles. The first-order chi connectivity index (χ1) is 26.0. The summed E-state index contributed by atoms with van der Waals surface area (Å²) in [6, 6.07) is 44.3. The second-order valence-corrected chi connectivity index (χ2v) is 13.6. The first-order valence-corrected chi connectivity index (χ1v) is 18.9. The Morgan fingerprint density at radius 2 is 0.509 bits per heavy atom. The van der Waals surface area contributed by atoms with Gasteiger partial charge in [-0.2, -0.15) is 0 Å². The Bertz CT molecular complexity index is 2110. The summed E-state index contributed by atoms with van der Waals surface area (Å²) in [5.41, 5.74) is 3.31. The van der Waals surface area contributed by atoms with Crippen LogP contribution in [0.3, 0.4) is 0 Å². The SMILES string of the molecule is O=C(Nc1ccc([S-](=O)=O)cc1)c1ccccc1.O=C(Nc1ccc([S-](=O)=O)cc1)c1ccccc1.O=C(Nc1ccc([S-](=O)=O)cc1)c1ccccc1.[Fe+3]. The van der Waals surface area contributed by atoms with Crippen molar-refractivity contribution >= 4 is 66.9 Å². The van der Waals surface area contributed by atoms with Crippen LogP contribution >= 0.6 is 0 Å². The molecule has 3 amide bonds. The molecule has 0 spiro atoms. The number of anilines is 3. The standard InChI is InChI=1S/3C13H10NO3S.Fe/c3*15-13(10-4-2-1-3-5-10)14-11-6-8-12(9-7-11)18(16)17;/h3*1-9H,(H,14,15);/q3*-1;+3. The van der Waals surface area contributed by atoms with Crippen LogP contribution in [0.25, 0.3) is 0 Å². The summed E-state index contributed by atoms with van der Waals surface area (Å²) < 4.78 is 64.0. The molecule has 281 valence electrons. The van der Waals surface area contributed by atoms with Gasteiger partial charge in [-0.1, -0.05) is 106 Å². The molecule has 6 aromatic rings. The summed E-state index contributed by atoms with van der Waals surface area (Å²) in [5.74, 6) is -0.690. The van der Waals surface area contributed by atoms with Crippen molar-refractivity contribution in [1.29, 1.82) is 0 Å². The monoisotopic (exact) mass is 836 g/mol. The predicted molar refractivity (Wildman–Crippen MR) is 204 cm³/mol. The van der Waals surface area contributed by atoms with Crippen molar-refractivity contribution in [2.45, 2.75) is 14.7 Å². The number of hydrogen-bond acceptors (Lipinski definition) is 12. The maximum Gasteiger partial charge on any atom is 3.00 e. The molecule has 0 heterocycles. The van der Waals surface area contributed by atoms with Gasteiger partial charge in [0.05, 0.1) is 0 Å². The Balaban J connectivity index is 0.000000220. The summed E-state index contributed by atoms with van der Waals surface area (Å²) in [6.07, 6.45) is 0. The van der Waals surface area contributed by atoms with E-state index in [1.807, 2.05) is 18.2 Å². The van der Waals surface area contributed by atoms with Gasteiger partial charge in [0.15, 0.2) is 0 Å². The van der Waals surface area contributed by atoms with Crippen LogP contribution in [0.2, 0.25) is 0 Å². The van der Waals surface area contributed by atoms with Crippen molar-refractivity contribution in [3.8, 4) is 0 Å². The van der Waals surface area contributed by atoms with Gasteiger partial charge in [-0.05, 0) is 105 Å². The van der Waals surface area contributed by atoms with Crippen LogP contribution in [0.5, 0.6) is 0 Å². The van der Waals surface area contributed by atoms with Crippen molar-refractivity contribution in [2.24, 2.45) is 0 Å². The number of carbonyl (C=O) groups is 3. The van der Waals surface area contributed by atoms with Crippen LogP contribution in [0.4, 0.5) is 17.1 Å². The van der Waals surface area contributed by atoms with Crippen LogP contribution < -0.4 is 16.0 Å². The summed E-state index contributed by atoms with van der Waals surface area (Å²) >= 11 is 0. The molecule has 6 rings (SSSR count). The van der Waals surface area contributed by atoms with Crippen molar-refractivity contribution in [1.82, 2.24) is 0 Å². The third-order valence-electron chi connectivity index (χ3n) is 7.02. The summed E-state index contributed by atoms with van der Waals surface area (Å²) in [4.78, 5) is 36.0. The number of amides is 3. The zero-order valence-corrected chi connectivity index (χ0v) is 31.9. The van der Waals surface area contributed by atoms with E-state index < -0.39 is 32.1 Å². The largest absolute Gasteiger partial charge is 3.00 e. The molecule has 12 nitrogen and oxygen atoms in total. The first-order valence-electron chi connectivity index (χ1n) is 15.7. The molecule has 1 radical (unpaired) electrons. The molecule has 0 aliphatic heterocycles. The van der Waals surface area contributed by atoms with Crippen LogP contribution in [-0.4, -0.2) is 17.7 Å². The fourth-order valence-electron chi connectivity index (χ4n) is 4.33. The van der Waals surface area contributed by atoms with E-state index in [0.29, 0.717) is 33.8 Å². The van der Waals surface area contributed by atoms with Gasteiger partial charge in [-0.15, -0.1) is 0 Å². The molecule has 0 fully saturated rings. The van der Waals surface area contributed by atoms with E-state index in [1.54, 1.807) is 109 Å². The van der Waals surface area contributed by atoms with E-state index >= 15 is 0 Å². The Morgan fingerprint density at radius 1 is 0.309 bits per heavy atom. The van der Waals surface area contributed by atoms with Crippen molar-refractivity contribution in [3.63, 3.8) is 0 Å². The average Bonchev–Trinajstić information content (AvgIpc) is 3.20. The van der Waals surface area contributed by atoms with E-state index in [4.69, 9.17) is 0 Å². The fourth-order valence-corrected chi connectivity index (χ4v) is 5.40. The van der Waals surface area contributed by atoms with Gasteiger partial charge >= 0.3 is 17.1 Å². The molecule has 6 aromatic carbocycles. The van der Waals surface area contributed by atoms with Gasteiger partial charge in [0.25, 0.3) is 17.7 Å². The van der Waals surface area contributed by atoms with Crippen LogP contribution in [0.1, 0.15) is 31.1 Å². The second kappa shape index (κ2) is 22.3. The third-order valence-corrected chi connectivity index (χ3v) is 8.99. The summed E-state index contributed by atoms with van der Waals surface area (Å²) in [7, 11) is -6.75. The van der Waals surface area contributed by atoms with Crippen molar-refractivity contribution < 1.29 is 56.7 Å². The zero-order valence-electron chi connectivity index (χ0n) is 28.3. The third kappa shape index (κ3) is 14.5. The Kier molecular flexibility index (Phi) is 17.7. The van der Waals surface area contributed by atoms with Crippen LogP contribution in [0, 0.1) is 0 Å². The minimum atomic E-state index is -2.25. The second-order valence-electron chi connectivity index (χ2n) is 10.7. The number of carbonyl (C=O) groups excluding carboxylic acids is 3. The molecule has 0 unspecified atom stereocenters. The van der Waals surface area contributed by atoms with Gasteiger partial charge in [0, 0.05) is 33.8 Å². The zero-order chi connectivity index (χ0) is 38.9. The minimum Gasteiger partial charge on any atom is -0.420 e. The maximum absolute atomic E-state index is 11.8. The summed E-state index contributed by atoms with van der Waals surface area (Å²) in [6.45, 7) is 0. The van der Waals surface area contributed by atoms with E-state index in [2.05, 4.69) is 16.0 Å². The Labute approximate surface area is 333 Å². The molecule has 0 bridgehead atoms. The van der Waals surface area contributed by atoms with E-state index in [-0.39, 0.29) is 49.5 Å². The molecule has 16 heteroatoms. The fraction of sp³-hybridized carbons (Fsp3) is 0. The maximum atomic E-state index is 11.8. The molecular formula is C39H30FeN3O9S3. The first kappa shape index (κ1) is 43.5. The normalized spacial score (nSPS) is 10.1. The molecule has 0 saturated carbocycles. The number of benzene rings is 6. The van der Waals surface area contributed by atoms with E-state index in [1.165, 1.54) is 36.4 Å². The Morgan fingerprint density at radius 3 is 0.691 bits per heavy atom. The Hall–Kier alpha value is -5.90. The predicted octanol–water partition coefficient (Wildman–Crippen LogP) is 7.82.